The van der Waals surface area contributed by atoms with E-state index in [2.05, 4.69) is 18.7 Å². The molecule has 0 unspecified atom stereocenters. The standard InChI is InChI=1S/C8H13NS/c1-4-7-8(10)9(5-2)6-3/h1,4,7H,5-6H2,2-3H3/b7-4+. The molecule has 10 heavy (non-hydrogen) atoms. The molecule has 0 saturated heterocycles. The van der Waals surface area contributed by atoms with Gasteiger partial charge in [0, 0.05) is 13.1 Å². The lowest BCUT2D eigenvalue weighted by Gasteiger charge is -2.18. The van der Waals surface area contributed by atoms with E-state index in [1.54, 1.807) is 6.08 Å². The van der Waals surface area contributed by atoms with Gasteiger partial charge in [-0.25, -0.2) is 0 Å². The summed E-state index contributed by atoms with van der Waals surface area (Å²) in [6.07, 6.45) is 3.21. The maximum absolute atomic E-state index is 5.18. The highest BCUT2D eigenvalue weighted by molar-refractivity contribution is 7.80. The molecule has 0 heterocycles. The molecule has 2 heteroatoms. The minimum Gasteiger partial charge on any atom is -0.363 e. The average molecular weight is 155 g/mol. The lowest BCUT2D eigenvalue weighted by molar-refractivity contribution is 0.476. The van der Waals surface area contributed by atoms with Crippen molar-refractivity contribution in [1.82, 2.24) is 4.90 Å². The van der Waals surface area contributed by atoms with Crippen LogP contribution in [0.2, 0.25) is 0 Å². The fraction of sp³-hybridized carbons (Fsp3) is 0.500. The Hall–Kier alpha value is -0.370. The first-order chi connectivity index (χ1) is 4.76. The largest absolute Gasteiger partial charge is 0.363 e. The Morgan fingerprint density at radius 3 is 2.30 bits per heavy atom. The number of hydrogen-bond acceptors (Lipinski definition) is 1. The van der Waals surface area contributed by atoms with Crippen molar-refractivity contribution >= 4 is 17.2 Å². The van der Waals surface area contributed by atoms with Gasteiger partial charge < -0.3 is 4.90 Å². The van der Waals surface area contributed by atoms with Crippen LogP contribution in [-0.4, -0.2) is 23.0 Å². The Balaban J connectivity index is 3.89. The second-order valence-electron chi connectivity index (χ2n) is 1.87. The number of rotatable bonds is 3. The number of nitrogens with zero attached hydrogens (tertiary/aromatic N) is 1. The first-order valence-electron chi connectivity index (χ1n) is 3.43. The van der Waals surface area contributed by atoms with E-state index in [0.29, 0.717) is 0 Å². The van der Waals surface area contributed by atoms with E-state index in [-0.39, 0.29) is 0 Å². The maximum Gasteiger partial charge on any atom is 0.101 e. The van der Waals surface area contributed by atoms with Crippen molar-refractivity contribution in [1.29, 1.82) is 0 Å². The summed E-state index contributed by atoms with van der Waals surface area (Å²) in [7, 11) is 0. The van der Waals surface area contributed by atoms with Gasteiger partial charge in [0.15, 0.2) is 0 Å². The van der Waals surface area contributed by atoms with Gasteiger partial charge in [-0.3, -0.25) is 0 Å². The molecular formula is C8H13NS. The second kappa shape index (κ2) is 5.42. The summed E-state index contributed by atoms with van der Waals surface area (Å²) < 4.78 is 0. The molecule has 0 aromatic rings. The zero-order chi connectivity index (χ0) is 7.98. The average Bonchev–Trinajstić information content (AvgIpc) is 1.91. The molecule has 0 aliphatic heterocycles. The highest BCUT2D eigenvalue weighted by atomic mass is 32.1. The van der Waals surface area contributed by atoms with Crippen molar-refractivity contribution < 1.29 is 0 Å². The van der Waals surface area contributed by atoms with Crippen molar-refractivity contribution in [2.75, 3.05) is 13.1 Å². The smallest absolute Gasteiger partial charge is 0.101 e. The Bertz CT molecular complexity index is 125. The van der Waals surface area contributed by atoms with Crippen LogP contribution >= 0.6 is 12.2 Å². The number of thiocarbonyl (C=S) groups is 1. The summed E-state index contributed by atoms with van der Waals surface area (Å²) in [5, 5.41) is 0. The lowest BCUT2D eigenvalue weighted by Crippen LogP contribution is -2.27. The first kappa shape index (κ1) is 9.63. The molecule has 56 valence electrons. The summed E-state index contributed by atoms with van der Waals surface area (Å²) in [5.74, 6) is 0. The number of hydrogen-bond donors (Lipinski definition) is 0. The zero-order valence-corrected chi connectivity index (χ0v) is 7.32. The Morgan fingerprint density at radius 2 is 2.00 bits per heavy atom. The van der Waals surface area contributed by atoms with E-state index in [1.807, 2.05) is 0 Å². The molecule has 0 atom stereocenters. The molecule has 0 fully saturated rings. The lowest BCUT2D eigenvalue weighted by atomic mass is 10.4. The van der Waals surface area contributed by atoms with Gasteiger partial charge in [0.05, 0.1) is 0 Å². The quantitative estimate of drug-likeness (QED) is 0.452. The van der Waals surface area contributed by atoms with Gasteiger partial charge in [0.25, 0.3) is 0 Å². The fourth-order valence-electron chi connectivity index (χ4n) is 0.723. The molecule has 2 radical (unpaired) electrons. The molecule has 1 nitrogen and oxygen atoms in total. The van der Waals surface area contributed by atoms with Gasteiger partial charge >= 0.3 is 0 Å². The maximum atomic E-state index is 5.18. The topological polar surface area (TPSA) is 3.24 Å². The summed E-state index contributed by atoms with van der Waals surface area (Å²) >= 11 is 5.03. The summed E-state index contributed by atoms with van der Waals surface area (Å²) in [6, 6.07) is 0. The molecule has 0 aromatic carbocycles. The Morgan fingerprint density at radius 1 is 1.50 bits per heavy atom. The Kier molecular flexibility index (Phi) is 5.22. The van der Waals surface area contributed by atoms with Crippen LogP contribution in [0.1, 0.15) is 13.8 Å². The van der Waals surface area contributed by atoms with Crippen LogP contribution in [-0.2, 0) is 0 Å². The molecule has 0 spiro atoms. The van der Waals surface area contributed by atoms with Crippen molar-refractivity contribution in [2.45, 2.75) is 13.8 Å². The summed E-state index contributed by atoms with van der Waals surface area (Å²) in [6.45, 7) is 11.2. The van der Waals surface area contributed by atoms with E-state index in [1.165, 1.54) is 6.08 Å². The van der Waals surface area contributed by atoms with E-state index in [4.69, 9.17) is 19.1 Å². The third-order valence-corrected chi connectivity index (χ3v) is 1.71. The number of likely N-dealkylation sites (N-methyl/N-ethyl adjacent to an activating group) is 1. The highest BCUT2D eigenvalue weighted by Crippen LogP contribution is 1.92. The van der Waals surface area contributed by atoms with E-state index in [0.717, 1.165) is 18.1 Å². The van der Waals surface area contributed by atoms with Crippen molar-refractivity contribution in [3.8, 4) is 0 Å². The molecule has 0 saturated carbocycles. The molecule has 0 N–H and O–H groups in total. The third-order valence-electron chi connectivity index (χ3n) is 1.31. The van der Waals surface area contributed by atoms with Gasteiger partial charge in [-0.05, 0) is 26.8 Å². The molecule has 0 aliphatic rings. The molecule has 0 aromatic heterocycles. The SMILES string of the molecule is [CH]/C=C/C(=S)N(CC)CC. The number of allylic oxidation sites excluding steroid dienone is 1. The molecular weight excluding hydrogens is 142 g/mol. The minimum absolute atomic E-state index is 0.812. The third kappa shape index (κ3) is 2.97. The Labute approximate surface area is 68.7 Å². The molecule has 0 bridgehead atoms. The second-order valence-corrected chi connectivity index (χ2v) is 2.29. The summed E-state index contributed by atoms with van der Waals surface area (Å²) in [4.78, 5) is 2.88. The van der Waals surface area contributed by atoms with Gasteiger partial charge in [0.2, 0.25) is 0 Å². The summed E-state index contributed by atoms with van der Waals surface area (Å²) in [5.41, 5.74) is 0. The molecule has 0 rings (SSSR count). The van der Waals surface area contributed by atoms with Crippen LogP contribution in [0.3, 0.4) is 0 Å². The highest BCUT2D eigenvalue weighted by Gasteiger charge is 1.98. The van der Waals surface area contributed by atoms with Gasteiger partial charge in [0.1, 0.15) is 4.99 Å². The monoisotopic (exact) mass is 155 g/mol. The molecule has 0 aliphatic carbocycles. The van der Waals surface area contributed by atoms with Crippen LogP contribution in [0, 0.1) is 6.92 Å². The van der Waals surface area contributed by atoms with Gasteiger partial charge in [-0.15, -0.1) is 0 Å². The van der Waals surface area contributed by atoms with E-state index in [9.17, 15) is 0 Å². The normalized spacial score (nSPS) is 10.3. The van der Waals surface area contributed by atoms with Crippen molar-refractivity contribution in [2.24, 2.45) is 0 Å². The van der Waals surface area contributed by atoms with Crippen LogP contribution in [0.15, 0.2) is 12.2 Å². The van der Waals surface area contributed by atoms with Crippen molar-refractivity contribution in [3.05, 3.63) is 19.1 Å². The van der Waals surface area contributed by atoms with Gasteiger partial charge in [-0.2, -0.15) is 0 Å². The van der Waals surface area contributed by atoms with E-state index >= 15 is 0 Å². The first-order valence-corrected chi connectivity index (χ1v) is 3.84. The molecule has 0 amide bonds. The van der Waals surface area contributed by atoms with E-state index < -0.39 is 0 Å². The van der Waals surface area contributed by atoms with Crippen LogP contribution in [0.4, 0.5) is 0 Å². The van der Waals surface area contributed by atoms with Crippen LogP contribution in [0.25, 0.3) is 0 Å². The zero-order valence-electron chi connectivity index (χ0n) is 6.50. The predicted molar refractivity (Wildman–Crippen MR) is 49.0 cm³/mol. The van der Waals surface area contributed by atoms with Crippen LogP contribution in [0.5, 0.6) is 0 Å². The minimum atomic E-state index is 0.812. The van der Waals surface area contributed by atoms with Crippen molar-refractivity contribution in [3.63, 3.8) is 0 Å². The fourth-order valence-corrected chi connectivity index (χ4v) is 1.06. The van der Waals surface area contributed by atoms with Gasteiger partial charge in [-0.1, -0.05) is 18.3 Å². The predicted octanol–water partition coefficient (Wildman–Crippen LogP) is 1.92. The van der Waals surface area contributed by atoms with Crippen LogP contribution < -0.4 is 0 Å².